The fourth-order valence-corrected chi connectivity index (χ4v) is 5.51. The van der Waals surface area contributed by atoms with E-state index < -0.39 is 20.0 Å². The molecular formula is C21H28N2O5S2. The molecule has 0 saturated carbocycles. The van der Waals surface area contributed by atoms with Gasteiger partial charge in [0.05, 0.1) is 22.9 Å². The van der Waals surface area contributed by atoms with Crippen molar-refractivity contribution in [1.29, 1.82) is 0 Å². The quantitative estimate of drug-likeness (QED) is 0.660. The molecule has 30 heavy (non-hydrogen) atoms. The summed E-state index contributed by atoms with van der Waals surface area (Å²) in [5.74, 6) is 1.02. The highest BCUT2D eigenvalue weighted by molar-refractivity contribution is 7.93. The Kier molecular flexibility index (Phi) is 6.62. The number of sulfonamides is 2. The molecule has 0 spiro atoms. The molecule has 7 nitrogen and oxygen atoms in total. The monoisotopic (exact) mass is 452 g/mol. The Bertz CT molecular complexity index is 1090. The zero-order valence-electron chi connectivity index (χ0n) is 17.5. The molecule has 0 bridgehead atoms. The van der Waals surface area contributed by atoms with Gasteiger partial charge in [0, 0.05) is 12.2 Å². The van der Waals surface area contributed by atoms with Crippen molar-refractivity contribution in [3.63, 3.8) is 0 Å². The maximum absolute atomic E-state index is 12.8. The summed E-state index contributed by atoms with van der Waals surface area (Å²) in [5.41, 5.74) is 1.85. The van der Waals surface area contributed by atoms with Gasteiger partial charge in [0.15, 0.2) is 0 Å². The average Bonchev–Trinajstić information content (AvgIpc) is 2.71. The molecule has 1 aliphatic rings. The predicted molar refractivity (Wildman–Crippen MR) is 119 cm³/mol. The van der Waals surface area contributed by atoms with E-state index in [1.165, 1.54) is 16.4 Å². The van der Waals surface area contributed by atoms with Crippen LogP contribution >= 0.6 is 0 Å². The highest BCUT2D eigenvalue weighted by Crippen LogP contribution is 2.32. The van der Waals surface area contributed by atoms with Crippen LogP contribution in [-0.2, 0) is 26.5 Å². The Morgan fingerprint density at radius 3 is 2.40 bits per heavy atom. The van der Waals surface area contributed by atoms with Crippen molar-refractivity contribution >= 4 is 31.4 Å². The summed E-state index contributed by atoms with van der Waals surface area (Å²) in [6.45, 7) is 6.70. The van der Waals surface area contributed by atoms with Crippen LogP contribution in [0, 0.1) is 5.92 Å². The Hall–Kier alpha value is -2.26. The van der Waals surface area contributed by atoms with Crippen molar-refractivity contribution in [2.24, 2.45) is 5.92 Å². The molecule has 9 heteroatoms. The fraction of sp³-hybridized carbons (Fsp3) is 0.429. The first kappa shape index (κ1) is 22.4. The minimum atomic E-state index is -3.77. The maximum Gasteiger partial charge on any atom is 0.261 e. The lowest BCUT2D eigenvalue weighted by Crippen LogP contribution is -2.36. The molecule has 0 radical (unpaired) electrons. The molecule has 0 amide bonds. The van der Waals surface area contributed by atoms with Crippen molar-refractivity contribution in [1.82, 2.24) is 0 Å². The van der Waals surface area contributed by atoms with E-state index in [4.69, 9.17) is 4.74 Å². The number of hydrogen-bond donors (Lipinski definition) is 1. The van der Waals surface area contributed by atoms with Crippen LogP contribution < -0.4 is 13.8 Å². The first-order chi connectivity index (χ1) is 14.1. The van der Waals surface area contributed by atoms with E-state index >= 15 is 0 Å². The standard InChI is InChI=1S/C21H28N2O5S2/c1-4-29(24,25)23-13-5-6-17-14-18(7-12-21(17)23)22-30(26,27)20-10-8-19(9-11-20)28-15-16(2)3/h7-12,14,16,22H,4-6,13,15H2,1-3H3. The van der Waals surface area contributed by atoms with E-state index in [0.29, 0.717) is 49.0 Å². The van der Waals surface area contributed by atoms with Crippen LogP contribution in [0.4, 0.5) is 11.4 Å². The van der Waals surface area contributed by atoms with Gasteiger partial charge in [-0.1, -0.05) is 13.8 Å². The highest BCUT2D eigenvalue weighted by atomic mass is 32.2. The van der Waals surface area contributed by atoms with Gasteiger partial charge in [-0.3, -0.25) is 9.03 Å². The SMILES string of the molecule is CCS(=O)(=O)N1CCCc2cc(NS(=O)(=O)c3ccc(OCC(C)C)cc3)ccc21. The van der Waals surface area contributed by atoms with Gasteiger partial charge < -0.3 is 4.74 Å². The lowest BCUT2D eigenvalue weighted by molar-refractivity contribution is 0.271. The molecule has 3 rings (SSSR count). The molecule has 0 atom stereocenters. The Labute approximate surface area is 179 Å². The molecule has 0 aliphatic carbocycles. The predicted octanol–water partition coefficient (Wildman–Crippen LogP) is 3.62. The second-order valence-electron chi connectivity index (χ2n) is 7.70. The molecule has 1 aliphatic heterocycles. The summed E-state index contributed by atoms with van der Waals surface area (Å²) in [5, 5.41) is 0. The first-order valence-corrected chi connectivity index (χ1v) is 13.1. The minimum Gasteiger partial charge on any atom is -0.493 e. The summed E-state index contributed by atoms with van der Waals surface area (Å²) in [6, 6.07) is 11.3. The summed E-state index contributed by atoms with van der Waals surface area (Å²) >= 11 is 0. The minimum absolute atomic E-state index is 0.0255. The van der Waals surface area contributed by atoms with Crippen LogP contribution in [-0.4, -0.2) is 35.7 Å². The molecule has 0 unspecified atom stereocenters. The number of aryl methyl sites for hydroxylation is 1. The van der Waals surface area contributed by atoms with Gasteiger partial charge in [0.1, 0.15) is 5.75 Å². The van der Waals surface area contributed by atoms with E-state index in [1.807, 2.05) is 13.8 Å². The van der Waals surface area contributed by atoms with Crippen LogP contribution in [0.5, 0.6) is 5.75 Å². The second kappa shape index (κ2) is 8.85. The van der Waals surface area contributed by atoms with E-state index in [9.17, 15) is 16.8 Å². The van der Waals surface area contributed by atoms with Gasteiger partial charge in [0.2, 0.25) is 10.0 Å². The number of benzene rings is 2. The smallest absolute Gasteiger partial charge is 0.261 e. The lowest BCUT2D eigenvalue weighted by Gasteiger charge is -2.30. The number of nitrogens with one attached hydrogen (secondary N) is 1. The largest absolute Gasteiger partial charge is 0.493 e. The van der Waals surface area contributed by atoms with E-state index in [-0.39, 0.29) is 10.6 Å². The number of rotatable bonds is 8. The van der Waals surface area contributed by atoms with Crippen molar-refractivity contribution in [2.45, 2.75) is 38.5 Å². The van der Waals surface area contributed by atoms with Gasteiger partial charge in [-0.2, -0.15) is 0 Å². The van der Waals surface area contributed by atoms with Crippen molar-refractivity contribution < 1.29 is 21.6 Å². The van der Waals surface area contributed by atoms with Crippen LogP contribution in [0.3, 0.4) is 0 Å². The molecular weight excluding hydrogens is 424 g/mol. The van der Waals surface area contributed by atoms with E-state index in [2.05, 4.69) is 4.72 Å². The van der Waals surface area contributed by atoms with Gasteiger partial charge in [-0.15, -0.1) is 0 Å². The molecule has 2 aromatic rings. The lowest BCUT2D eigenvalue weighted by atomic mass is 10.0. The maximum atomic E-state index is 12.8. The molecule has 0 aromatic heterocycles. The summed E-state index contributed by atoms with van der Waals surface area (Å²) < 4.78 is 59.8. The van der Waals surface area contributed by atoms with Crippen molar-refractivity contribution in [3.8, 4) is 5.75 Å². The molecule has 2 aromatic carbocycles. The third-order valence-electron chi connectivity index (χ3n) is 4.83. The number of anilines is 2. The highest BCUT2D eigenvalue weighted by Gasteiger charge is 2.26. The van der Waals surface area contributed by atoms with Gasteiger partial charge in [0.25, 0.3) is 10.0 Å². The molecule has 1 N–H and O–H groups in total. The Balaban J connectivity index is 1.79. The van der Waals surface area contributed by atoms with Crippen LogP contribution in [0.15, 0.2) is 47.4 Å². The number of ether oxygens (including phenoxy) is 1. The Morgan fingerprint density at radius 2 is 1.77 bits per heavy atom. The Morgan fingerprint density at radius 1 is 1.07 bits per heavy atom. The van der Waals surface area contributed by atoms with E-state index in [0.717, 1.165) is 5.56 Å². The van der Waals surface area contributed by atoms with E-state index in [1.54, 1.807) is 37.3 Å². The van der Waals surface area contributed by atoms with Crippen molar-refractivity contribution in [3.05, 3.63) is 48.0 Å². The summed E-state index contributed by atoms with van der Waals surface area (Å²) in [6.07, 6.45) is 1.39. The summed E-state index contributed by atoms with van der Waals surface area (Å²) in [4.78, 5) is 0.132. The molecule has 0 fully saturated rings. The summed E-state index contributed by atoms with van der Waals surface area (Å²) in [7, 11) is -7.13. The average molecular weight is 453 g/mol. The third-order valence-corrected chi connectivity index (χ3v) is 8.00. The molecule has 1 heterocycles. The number of nitrogens with zero attached hydrogens (tertiary/aromatic N) is 1. The first-order valence-electron chi connectivity index (χ1n) is 10.0. The fourth-order valence-electron chi connectivity index (χ4n) is 3.26. The molecule has 0 saturated heterocycles. The second-order valence-corrected chi connectivity index (χ2v) is 11.6. The van der Waals surface area contributed by atoms with Crippen LogP contribution in [0.25, 0.3) is 0 Å². The van der Waals surface area contributed by atoms with Crippen molar-refractivity contribution in [2.75, 3.05) is 27.9 Å². The molecule has 164 valence electrons. The van der Waals surface area contributed by atoms with Crippen LogP contribution in [0.1, 0.15) is 32.8 Å². The third kappa shape index (κ3) is 5.07. The normalized spacial score (nSPS) is 14.5. The zero-order chi connectivity index (χ0) is 21.9. The zero-order valence-corrected chi connectivity index (χ0v) is 19.1. The number of fused-ring (bicyclic) bond motifs is 1. The topological polar surface area (TPSA) is 92.8 Å². The van der Waals surface area contributed by atoms with Crippen LogP contribution in [0.2, 0.25) is 0 Å². The number of hydrogen-bond acceptors (Lipinski definition) is 5. The van der Waals surface area contributed by atoms with Gasteiger partial charge in [-0.25, -0.2) is 16.8 Å². The van der Waals surface area contributed by atoms with Gasteiger partial charge in [-0.05, 0) is 73.7 Å². The van der Waals surface area contributed by atoms with Gasteiger partial charge >= 0.3 is 0 Å².